The molecule has 0 aliphatic heterocycles. The Balaban J connectivity index is 2.49. The number of nitrogens with one attached hydrogen (secondary N) is 1. The van der Waals surface area contributed by atoms with E-state index in [0.717, 1.165) is 0 Å². The van der Waals surface area contributed by atoms with Gasteiger partial charge in [0.2, 0.25) is 0 Å². The lowest BCUT2D eigenvalue weighted by molar-refractivity contribution is 0.384. The second-order valence-corrected chi connectivity index (χ2v) is 6.13. The molecule has 0 aliphatic rings. The first-order valence-electron chi connectivity index (χ1n) is 8.68. The van der Waals surface area contributed by atoms with Crippen molar-refractivity contribution >= 4 is 0 Å². The summed E-state index contributed by atoms with van der Waals surface area (Å²) in [5.41, 5.74) is 1.17. The van der Waals surface area contributed by atoms with Crippen molar-refractivity contribution in [1.29, 1.82) is 0 Å². The SMILES string of the molecule is CCCCCC(CCCCC)NC(C)c1ccc(F)cc1. The van der Waals surface area contributed by atoms with Crippen LogP contribution >= 0.6 is 0 Å². The third-order valence-corrected chi connectivity index (χ3v) is 4.17. The normalized spacial score (nSPS) is 12.8. The second-order valence-electron chi connectivity index (χ2n) is 6.13. The number of halogens is 1. The first-order chi connectivity index (χ1) is 10.2. The van der Waals surface area contributed by atoms with Crippen molar-refractivity contribution in [2.75, 3.05) is 0 Å². The van der Waals surface area contributed by atoms with E-state index >= 15 is 0 Å². The van der Waals surface area contributed by atoms with Crippen LogP contribution in [-0.4, -0.2) is 6.04 Å². The van der Waals surface area contributed by atoms with E-state index in [1.165, 1.54) is 56.9 Å². The van der Waals surface area contributed by atoms with Crippen LogP contribution in [0.5, 0.6) is 0 Å². The largest absolute Gasteiger partial charge is 0.307 e. The van der Waals surface area contributed by atoms with E-state index in [1.807, 2.05) is 12.1 Å². The summed E-state index contributed by atoms with van der Waals surface area (Å²) in [6.45, 7) is 6.68. The van der Waals surface area contributed by atoms with Crippen LogP contribution in [-0.2, 0) is 0 Å². The quantitative estimate of drug-likeness (QED) is 0.493. The summed E-state index contributed by atoms with van der Waals surface area (Å²) >= 11 is 0. The molecule has 0 fully saturated rings. The lowest BCUT2D eigenvalue weighted by Crippen LogP contribution is -2.31. The van der Waals surface area contributed by atoms with Crippen LogP contribution in [0.1, 0.15) is 83.7 Å². The van der Waals surface area contributed by atoms with Crippen molar-refractivity contribution in [1.82, 2.24) is 5.32 Å². The standard InChI is InChI=1S/C19H32FN/c1-4-6-8-10-19(11-9-7-5-2)21-16(3)17-12-14-18(20)15-13-17/h12-16,19,21H,4-11H2,1-3H3. The van der Waals surface area contributed by atoms with Gasteiger partial charge in [-0.25, -0.2) is 4.39 Å². The van der Waals surface area contributed by atoms with Gasteiger partial charge in [0.05, 0.1) is 0 Å². The molecule has 1 N–H and O–H groups in total. The minimum atomic E-state index is -0.159. The maximum absolute atomic E-state index is 13.0. The van der Waals surface area contributed by atoms with Crippen LogP contribution in [0, 0.1) is 5.82 Å². The maximum Gasteiger partial charge on any atom is 0.123 e. The van der Waals surface area contributed by atoms with Crippen molar-refractivity contribution in [3.05, 3.63) is 35.6 Å². The Bertz CT molecular complexity index is 350. The van der Waals surface area contributed by atoms with Crippen molar-refractivity contribution < 1.29 is 4.39 Å². The zero-order chi connectivity index (χ0) is 15.5. The van der Waals surface area contributed by atoms with Gasteiger partial charge in [-0.2, -0.15) is 0 Å². The fraction of sp³-hybridized carbons (Fsp3) is 0.684. The zero-order valence-corrected chi connectivity index (χ0v) is 14.0. The third-order valence-electron chi connectivity index (χ3n) is 4.17. The van der Waals surface area contributed by atoms with Crippen molar-refractivity contribution in [3.63, 3.8) is 0 Å². The fourth-order valence-electron chi connectivity index (χ4n) is 2.79. The van der Waals surface area contributed by atoms with E-state index in [4.69, 9.17) is 0 Å². The van der Waals surface area contributed by atoms with Gasteiger partial charge < -0.3 is 5.32 Å². The monoisotopic (exact) mass is 293 g/mol. The predicted octanol–water partition coefficient (Wildman–Crippen LogP) is 6.01. The van der Waals surface area contributed by atoms with Crippen LogP contribution < -0.4 is 5.32 Å². The van der Waals surface area contributed by atoms with Gasteiger partial charge >= 0.3 is 0 Å². The van der Waals surface area contributed by atoms with Crippen LogP contribution in [0.4, 0.5) is 4.39 Å². The Morgan fingerprint density at radius 1 is 0.905 bits per heavy atom. The van der Waals surface area contributed by atoms with E-state index in [2.05, 4.69) is 26.1 Å². The van der Waals surface area contributed by atoms with E-state index in [1.54, 1.807) is 12.1 Å². The van der Waals surface area contributed by atoms with Gasteiger partial charge in [-0.05, 0) is 37.5 Å². The molecule has 21 heavy (non-hydrogen) atoms. The highest BCUT2D eigenvalue weighted by atomic mass is 19.1. The lowest BCUT2D eigenvalue weighted by atomic mass is 9.99. The highest BCUT2D eigenvalue weighted by Crippen LogP contribution is 2.18. The third kappa shape index (κ3) is 7.61. The van der Waals surface area contributed by atoms with Gasteiger partial charge in [0.15, 0.2) is 0 Å². The van der Waals surface area contributed by atoms with Gasteiger partial charge in [-0.1, -0.05) is 64.5 Å². The molecule has 1 atom stereocenters. The molecule has 0 aliphatic carbocycles. The van der Waals surface area contributed by atoms with Crippen LogP contribution in [0.3, 0.4) is 0 Å². The molecular formula is C19H32FN. The minimum Gasteiger partial charge on any atom is -0.307 e. The molecule has 120 valence electrons. The summed E-state index contributed by atoms with van der Waals surface area (Å²) in [5, 5.41) is 3.75. The molecule has 0 saturated heterocycles. The molecule has 0 aromatic heterocycles. The molecule has 2 heteroatoms. The van der Waals surface area contributed by atoms with Crippen molar-refractivity contribution in [2.45, 2.75) is 84.2 Å². The summed E-state index contributed by atoms with van der Waals surface area (Å²) < 4.78 is 13.0. The number of hydrogen-bond donors (Lipinski definition) is 1. The van der Waals surface area contributed by atoms with Crippen LogP contribution in [0.25, 0.3) is 0 Å². The summed E-state index contributed by atoms with van der Waals surface area (Å²) in [6, 6.07) is 7.76. The van der Waals surface area contributed by atoms with Crippen molar-refractivity contribution in [3.8, 4) is 0 Å². The van der Waals surface area contributed by atoms with Gasteiger partial charge in [0.1, 0.15) is 5.82 Å². The van der Waals surface area contributed by atoms with E-state index in [-0.39, 0.29) is 5.82 Å². The Morgan fingerprint density at radius 3 is 1.90 bits per heavy atom. The first-order valence-corrected chi connectivity index (χ1v) is 8.68. The maximum atomic E-state index is 13.0. The average Bonchev–Trinajstić information content (AvgIpc) is 2.48. The first kappa shape index (κ1) is 18.2. The van der Waals surface area contributed by atoms with Gasteiger partial charge in [-0.3, -0.25) is 0 Å². The van der Waals surface area contributed by atoms with Gasteiger partial charge in [0.25, 0.3) is 0 Å². The van der Waals surface area contributed by atoms with Crippen LogP contribution in [0.15, 0.2) is 24.3 Å². The lowest BCUT2D eigenvalue weighted by Gasteiger charge is -2.24. The highest BCUT2D eigenvalue weighted by Gasteiger charge is 2.13. The summed E-state index contributed by atoms with van der Waals surface area (Å²) in [4.78, 5) is 0. The number of unbranched alkanes of at least 4 members (excludes halogenated alkanes) is 4. The minimum absolute atomic E-state index is 0.159. The predicted molar refractivity (Wildman–Crippen MR) is 90.0 cm³/mol. The molecule has 1 unspecified atom stereocenters. The highest BCUT2D eigenvalue weighted by molar-refractivity contribution is 5.19. The molecule has 1 aromatic carbocycles. The molecule has 0 amide bonds. The fourth-order valence-corrected chi connectivity index (χ4v) is 2.79. The van der Waals surface area contributed by atoms with Crippen LogP contribution in [0.2, 0.25) is 0 Å². The molecule has 0 spiro atoms. The molecule has 1 rings (SSSR count). The van der Waals surface area contributed by atoms with Gasteiger partial charge in [0, 0.05) is 12.1 Å². The number of rotatable bonds is 11. The molecule has 0 radical (unpaired) electrons. The van der Waals surface area contributed by atoms with Crippen molar-refractivity contribution in [2.24, 2.45) is 0 Å². The summed E-state index contributed by atoms with van der Waals surface area (Å²) in [6.07, 6.45) is 10.3. The molecular weight excluding hydrogens is 261 g/mol. The number of benzene rings is 1. The Labute approximate surface area is 130 Å². The summed E-state index contributed by atoms with van der Waals surface area (Å²) in [5.74, 6) is -0.159. The smallest absolute Gasteiger partial charge is 0.123 e. The Morgan fingerprint density at radius 2 is 1.43 bits per heavy atom. The molecule has 1 nitrogen and oxygen atoms in total. The van der Waals surface area contributed by atoms with Gasteiger partial charge in [-0.15, -0.1) is 0 Å². The Kier molecular flexibility index (Phi) is 9.32. The number of hydrogen-bond acceptors (Lipinski definition) is 1. The van der Waals surface area contributed by atoms with E-state index < -0.39 is 0 Å². The second kappa shape index (κ2) is 10.8. The molecule has 0 saturated carbocycles. The van der Waals surface area contributed by atoms with E-state index in [0.29, 0.717) is 12.1 Å². The summed E-state index contributed by atoms with van der Waals surface area (Å²) in [7, 11) is 0. The molecule has 0 bridgehead atoms. The molecule has 0 heterocycles. The Hall–Kier alpha value is -0.890. The molecule has 1 aromatic rings. The van der Waals surface area contributed by atoms with E-state index in [9.17, 15) is 4.39 Å². The average molecular weight is 293 g/mol. The topological polar surface area (TPSA) is 12.0 Å². The zero-order valence-electron chi connectivity index (χ0n) is 14.0.